The zero-order chi connectivity index (χ0) is 14.7. The average Bonchev–Trinajstić information content (AvgIpc) is 2.56. The van der Waals surface area contributed by atoms with E-state index in [9.17, 15) is 9.90 Å². The molecule has 0 aliphatic heterocycles. The van der Waals surface area contributed by atoms with E-state index in [1.165, 1.54) is 12.1 Å². The molecule has 5 nitrogen and oxygen atoms in total. The molecule has 0 spiro atoms. The molecule has 5 heteroatoms. The first-order valence-electron chi connectivity index (χ1n) is 6.31. The van der Waals surface area contributed by atoms with Gasteiger partial charge >= 0.3 is 5.97 Å². The van der Waals surface area contributed by atoms with Crippen LogP contribution in [0.4, 0.5) is 0 Å². The molecule has 102 valence electrons. The van der Waals surface area contributed by atoms with E-state index in [4.69, 9.17) is 0 Å². The average molecular weight is 277 g/mol. The molecule has 3 aromatic rings. The van der Waals surface area contributed by atoms with Crippen LogP contribution in [0.3, 0.4) is 0 Å². The first-order chi connectivity index (χ1) is 10.2. The van der Waals surface area contributed by atoms with Crippen molar-refractivity contribution in [2.24, 2.45) is 0 Å². The zero-order valence-corrected chi connectivity index (χ0v) is 11.0. The zero-order valence-electron chi connectivity index (χ0n) is 11.0. The van der Waals surface area contributed by atoms with E-state index in [-0.39, 0.29) is 5.56 Å². The van der Waals surface area contributed by atoms with Crippen molar-refractivity contribution in [3.05, 3.63) is 66.6 Å². The lowest BCUT2D eigenvalue weighted by Gasteiger charge is -2.06. The fourth-order valence-corrected chi connectivity index (χ4v) is 1.96. The summed E-state index contributed by atoms with van der Waals surface area (Å²) in [5.41, 5.74) is 2.64. The van der Waals surface area contributed by atoms with Crippen molar-refractivity contribution in [2.45, 2.75) is 0 Å². The van der Waals surface area contributed by atoms with Crippen LogP contribution in [0.5, 0.6) is 0 Å². The monoisotopic (exact) mass is 277 g/mol. The van der Waals surface area contributed by atoms with E-state index >= 15 is 0 Å². The molecule has 0 aliphatic rings. The number of carbonyl (C=O) groups is 1. The maximum absolute atomic E-state index is 11.3. The third-order valence-electron chi connectivity index (χ3n) is 2.96. The largest absolute Gasteiger partial charge is 0.478 e. The number of hydrogen-bond donors (Lipinski definition) is 1. The second-order valence-corrected chi connectivity index (χ2v) is 4.39. The number of rotatable bonds is 3. The molecule has 0 unspecified atom stereocenters. The molecule has 0 saturated heterocycles. The van der Waals surface area contributed by atoms with Gasteiger partial charge in [-0.15, -0.1) is 0 Å². The normalized spacial score (nSPS) is 10.3. The molecule has 0 saturated carbocycles. The lowest BCUT2D eigenvalue weighted by Crippen LogP contribution is -2.00. The van der Waals surface area contributed by atoms with Crippen LogP contribution in [0.15, 0.2) is 61.1 Å². The predicted octanol–water partition coefficient (Wildman–Crippen LogP) is 2.90. The van der Waals surface area contributed by atoms with Gasteiger partial charge in [-0.05, 0) is 36.4 Å². The van der Waals surface area contributed by atoms with Gasteiger partial charge in [0.05, 0.1) is 22.6 Å². The molecule has 21 heavy (non-hydrogen) atoms. The minimum absolute atomic E-state index is 0.171. The maximum Gasteiger partial charge on any atom is 0.335 e. The smallest absolute Gasteiger partial charge is 0.335 e. The molecule has 0 radical (unpaired) electrons. The molecule has 0 aromatic carbocycles. The third-order valence-corrected chi connectivity index (χ3v) is 2.96. The minimum atomic E-state index is -1.00. The minimum Gasteiger partial charge on any atom is -0.478 e. The molecular formula is C16H11N3O2. The molecule has 0 aliphatic carbocycles. The van der Waals surface area contributed by atoms with Crippen LogP contribution in [0.2, 0.25) is 0 Å². The first-order valence-corrected chi connectivity index (χ1v) is 6.31. The summed E-state index contributed by atoms with van der Waals surface area (Å²) in [6.45, 7) is 0. The Morgan fingerprint density at radius 2 is 1.81 bits per heavy atom. The third kappa shape index (κ3) is 2.76. The van der Waals surface area contributed by atoms with E-state index in [2.05, 4.69) is 15.0 Å². The second kappa shape index (κ2) is 5.50. The van der Waals surface area contributed by atoms with Gasteiger partial charge in [0.25, 0.3) is 0 Å². The Bertz CT molecular complexity index is 716. The number of nitrogens with zero attached hydrogens (tertiary/aromatic N) is 3. The molecular weight excluding hydrogens is 266 g/mol. The number of pyridine rings is 3. The highest BCUT2D eigenvalue weighted by molar-refractivity contribution is 5.90. The maximum atomic E-state index is 11.3. The van der Waals surface area contributed by atoms with Gasteiger partial charge in [0.1, 0.15) is 0 Å². The molecule has 3 rings (SSSR count). The van der Waals surface area contributed by atoms with Gasteiger partial charge in [-0.2, -0.15) is 0 Å². The lowest BCUT2D eigenvalue weighted by atomic mass is 10.1. The predicted molar refractivity (Wildman–Crippen MR) is 77.7 cm³/mol. The number of carboxylic acids is 1. The Balaban J connectivity index is 2.18. The summed E-state index contributed by atoms with van der Waals surface area (Å²) in [5, 5.41) is 9.26. The Kier molecular flexibility index (Phi) is 3.39. The van der Waals surface area contributed by atoms with Crippen molar-refractivity contribution in [1.82, 2.24) is 15.0 Å². The van der Waals surface area contributed by atoms with Crippen LogP contribution in [-0.2, 0) is 0 Å². The van der Waals surface area contributed by atoms with Crippen molar-refractivity contribution in [2.75, 3.05) is 0 Å². The van der Waals surface area contributed by atoms with Crippen molar-refractivity contribution < 1.29 is 9.90 Å². The lowest BCUT2D eigenvalue weighted by molar-refractivity contribution is 0.0697. The summed E-state index contributed by atoms with van der Waals surface area (Å²) >= 11 is 0. The van der Waals surface area contributed by atoms with Crippen molar-refractivity contribution in [1.29, 1.82) is 0 Å². The Morgan fingerprint density at radius 1 is 0.952 bits per heavy atom. The molecule has 3 aromatic heterocycles. The summed E-state index contributed by atoms with van der Waals surface area (Å²) in [6.07, 6.45) is 4.95. The molecule has 0 amide bonds. The van der Waals surface area contributed by atoms with Crippen LogP contribution in [0.25, 0.3) is 22.6 Å². The van der Waals surface area contributed by atoms with Crippen LogP contribution in [0, 0.1) is 0 Å². The van der Waals surface area contributed by atoms with Gasteiger partial charge in [0.2, 0.25) is 0 Å². The summed E-state index contributed by atoms with van der Waals surface area (Å²) in [7, 11) is 0. The van der Waals surface area contributed by atoms with Crippen molar-refractivity contribution in [3.63, 3.8) is 0 Å². The number of aromatic nitrogens is 3. The van der Waals surface area contributed by atoms with Gasteiger partial charge in [-0.25, -0.2) is 9.78 Å². The highest BCUT2D eigenvalue weighted by Gasteiger charge is 2.11. The molecule has 3 heterocycles. The standard InChI is InChI=1S/C16H11N3O2/c20-16(21)12-8-14(11-4-3-6-17-10-11)19-15(9-12)13-5-1-2-7-18-13/h1-10H,(H,20,21). The van der Waals surface area contributed by atoms with Gasteiger partial charge in [0.15, 0.2) is 0 Å². The van der Waals surface area contributed by atoms with E-state index in [0.717, 1.165) is 5.56 Å². The number of carboxylic acid groups (broad SMARTS) is 1. The number of hydrogen-bond acceptors (Lipinski definition) is 4. The fourth-order valence-electron chi connectivity index (χ4n) is 1.96. The van der Waals surface area contributed by atoms with Gasteiger partial charge < -0.3 is 5.11 Å². The quantitative estimate of drug-likeness (QED) is 0.796. The van der Waals surface area contributed by atoms with Crippen LogP contribution >= 0.6 is 0 Å². The van der Waals surface area contributed by atoms with Crippen LogP contribution in [-0.4, -0.2) is 26.0 Å². The van der Waals surface area contributed by atoms with E-state index in [0.29, 0.717) is 17.1 Å². The summed E-state index contributed by atoms with van der Waals surface area (Å²) in [6, 6.07) is 12.1. The van der Waals surface area contributed by atoms with Crippen molar-refractivity contribution in [3.8, 4) is 22.6 Å². The number of aromatic carboxylic acids is 1. The molecule has 0 fully saturated rings. The Hall–Kier alpha value is -3.08. The fraction of sp³-hybridized carbons (Fsp3) is 0. The second-order valence-electron chi connectivity index (χ2n) is 4.39. The molecule has 0 atom stereocenters. The summed E-state index contributed by atoms with van der Waals surface area (Å²) < 4.78 is 0. The van der Waals surface area contributed by atoms with E-state index in [1.54, 1.807) is 36.8 Å². The summed E-state index contributed by atoms with van der Waals surface area (Å²) in [4.78, 5) is 24.0. The summed E-state index contributed by atoms with van der Waals surface area (Å²) in [5.74, 6) is -1.00. The van der Waals surface area contributed by atoms with Gasteiger partial charge in [-0.3, -0.25) is 9.97 Å². The van der Waals surface area contributed by atoms with Crippen molar-refractivity contribution >= 4 is 5.97 Å². The topological polar surface area (TPSA) is 76.0 Å². The van der Waals surface area contributed by atoms with Gasteiger partial charge in [-0.1, -0.05) is 6.07 Å². The molecule has 1 N–H and O–H groups in total. The Morgan fingerprint density at radius 3 is 2.48 bits per heavy atom. The highest BCUT2D eigenvalue weighted by Crippen LogP contribution is 2.23. The van der Waals surface area contributed by atoms with E-state index in [1.807, 2.05) is 12.1 Å². The SMILES string of the molecule is O=C(O)c1cc(-c2cccnc2)nc(-c2ccccn2)c1. The molecule has 0 bridgehead atoms. The Labute approximate surface area is 121 Å². The van der Waals surface area contributed by atoms with Gasteiger partial charge in [0, 0.05) is 24.2 Å². The van der Waals surface area contributed by atoms with E-state index < -0.39 is 5.97 Å². The first kappa shape index (κ1) is 12.9. The van der Waals surface area contributed by atoms with Crippen LogP contribution < -0.4 is 0 Å². The van der Waals surface area contributed by atoms with Crippen LogP contribution in [0.1, 0.15) is 10.4 Å². The highest BCUT2D eigenvalue weighted by atomic mass is 16.4.